The van der Waals surface area contributed by atoms with Crippen LogP contribution in [0.15, 0.2) is 40.3 Å². The fourth-order valence-electron chi connectivity index (χ4n) is 2.58. The van der Waals surface area contributed by atoms with Gasteiger partial charge in [-0.05, 0) is 61.1 Å². The van der Waals surface area contributed by atoms with Crippen molar-refractivity contribution in [2.45, 2.75) is 32.1 Å². The summed E-state index contributed by atoms with van der Waals surface area (Å²) >= 11 is 14.0. The average Bonchev–Trinajstić information content (AvgIpc) is 2.67. The highest BCUT2D eigenvalue weighted by molar-refractivity contribution is 7.99. The van der Waals surface area contributed by atoms with E-state index in [1.54, 1.807) is 23.9 Å². The molecule has 0 aliphatic heterocycles. The fourth-order valence-corrected chi connectivity index (χ4v) is 3.84. The van der Waals surface area contributed by atoms with Crippen molar-refractivity contribution in [3.05, 3.63) is 51.5 Å². The minimum Gasteiger partial charge on any atom is -0.490 e. The highest BCUT2D eigenvalue weighted by atomic mass is 35.5. The van der Waals surface area contributed by atoms with E-state index in [9.17, 15) is 4.79 Å². The van der Waals surface area contributed by atoms with Crippen LogP contribution in [0.1, 0.15) is 31.9 Å². The van der Waals surface area contributed by atoms with E-state index >= 15 is 0 Å². The summed E-state index contributed by atoms with van der Waals surface area (Å²) in [5.74, 6) is 1.71. The third-order valence-electron chi connectivity index (χ3n) is 3.70. The number of halogens is 2. The van der Waals surface area contributed by atoms with Crippen molar-refractivity contribution in [1.82, 2.24) is 5.43 Å². The summed E-state index contributed by atoms with van der Waals surface area (Å²) in [5, 5.41) is 5.06. The number of hydrazone groups is 1. The van der Waals surface area contributed by atoms with E-state index in [1.807, 2.05) is 32.0 Å². The summed E-state index contributed by atoms with van der Waals surface area (Å²) in [5.41, 5.74) is 4.10. The third kappa shape index (κ3) is 7.14. The molecular weight excluding hydrogens is 431 g/mol. The van der Waals surface area contributed by atoms with Crippen LogP contribution in [0.5, 0.6) is 11.5 Å². The number of ether oxygens (including phenoxy) is 2. The molecule has 5 nitrogen and oxygen atoms in total. The Morgan fingerprint density at radius 3 is 2.59 bits per heavy atom. The minimum atomic E-state index is -0.233. The van der Waals surface area contributed by atoms with Crippen molar-refractivity contribution in [2.24, 2.45) is 5.10 Å². The standard InChI is InChI=1S/C21H24Cl2N2O3S/c1-4-27-18-10-14(9-17(23)21(18)28-5-2)13-24-25-20(26)12-15-11-16(22)7-8-19(15)29-6-3/h7-11,13H,4-6,12H2,1-3H3,(H,25,26)/b24-13-. The maximum Gasteiger partial charge on any atom is 0.244 e. The molecular formula is C21H24Cl2N2O3S. The summed E-state index contributed by atoms with van der Waals surface area (Å²) in [6.07, 6.45) is 1.70. The number of hydrogen-bond acceptors (Lipinski definition) is 5. The number of rotatable bonds is 10. The zero-order valence-corrected chi connectivity index (χ0v) is 19.0. The number of thioether (sulfide) groups is 1. The molecule has 0 aromatic heterocycles. The summed E-state index contributed by atoms with van der Waals surface area (Å²) in [4.78, 5) is 13.3. The van der Waals surface area contributed by atoms with Gasteiger partial charge in [0.05, 0.1) is 30.9 Å². The number of nitrogens with one attached hydrogen (secondary N) is 1. The Morgan fingerprint density at radius 2 is 1.90 bits per heavy atom. The molecule has 156 valence electrons. The van der Waals surface area contributed by atoms with Crippen molar-refractivity contribution in [3.8, 4) is 11.5 Å². The van der Waals surface area contributed by atoms with Gasteiger partial charge in [-0.1, -0.05) is 30.1 Å². The predicted octanol–water partition coefficient (Wildman–Crippen LogP) is 5.60. The van der Waals surface area contributed by atoms with E-state index in [0.29, 0.717) is 40.3 Å². The molecule has 0 bridgehead atoms. The monoisotopic (exact) mass is 454 g/mol. The van der Waals surface area contributed by atoms with Crippen LogP contribution < -0.4 is 14.9 Å². The molecule has 29 heavy (non-hydrogen) atoms. The largest absolute Gasteiger partial charge is 0.490 e. The van der Waals surface area contributed by atoms with Gasteiger partial charge in [-0.3, -0.25) is 4.79 Å². The van der Waals surface area contributed by atoms with Crippen molar-refractivity contribution in [1.29, 1.82) is 0 Å². The molecule has 2 aromatic carbocycles. The maximum atomic E-state index is 12.3. The van der Waals surface area contributed by atoms with E-state index in [-0.39, 0.29) is 12.3 Å². The Kier molecular flexibility index (Phi) is 9.64. The normalized spacial score (nSPS) is 10.9. The lowest BCUT2D eigenvalue weighted by Gasteiger charge is -2.13. The SMILES string of the molecule is CCOc1cc(/C=N\NC(=O)Cc2cc(Cl)ccc2SCC)cc(Cl)c1OCC. The molecule has 0 atom stereocenters. The van der Waals surface area contributed by atoms with Gasteiger partial charge in [-0.15, -0.1) is 11.8 Å². The fraction of sp³-hybridized carbons (Fsp3) is 0.333. The van der Waals surface area contributed by atoms with E-state index in [0.717, 1.165) is 16.2 Å². The zero-order valence-electron chi connectivity index (χ0n) is 16.6. The number of carbonyl (C=O) groups excluding carboxylic acids is 1. The molecule has 0 aliphatic carbocycles. The average molecular weight is 455 g/mol. The Balaban J connectivity index is 2.08. The second kappa shape index (κ2) is 12.0. The lowest BCUT2D eigenvalue weighted by atomic mass is 10.1. The van der Waals surface area contributed by atoms with Gasteiger partial charge in [0.1, 0.15) is 0 Å². The van der Waals surface area contributed by atoms with Crippen LogP contribution >= 0.6 is 35.0 Å². The minimum absolute atomic E-state index is 0.189. The molecule has 0 spiro atoms. The number of carbonyl (C=O) groups is 1. The molecule has 2 aromatic rings. The summed E-state index contributed by atoms with van der Waals surface area (Å²) in [6, 6.07) is 9.04. The van der Waals surface area contributed by atoms with Crippen molar-refractivity contribution in [2.75, 3.05) is 19.0 Å². The maximum absolute atomic E-state index is 12.3. The predicted molar refractivity (Wildman–Crippen MR) is 121 cm³/mol. The highest BCUT2D eigenvalue weighted by Crippen LogP contribution is 2.36. The van der Waals surface area contributed by atoms with Crippen LogP contribution in [0.25, 0.3) is 0 Å². The van der Waals surface area contributed by atoms with Gasteiger partial charge < -0.3 is 9.47 Å². The number of nitrogens with zero attached hydrogens (tertiary/aromatic N) is 1. The Bertz CT molecular complexity index is 875. The third-order valence-corrected chi connectivity index (χ3v) is 5.21. The van der Waals surface area contributed by atoms with Gasteiger partial charge in [-0.25, -0.2) is 5.43 Å². The number of amides is 1. The second-order valence-corrected chi connectivity index (χ2v) is 8.00. The number of hydrogen-bond donors (Lipinski definition) is 1. The quantitative estimate of drug-likeness (QED) is 0.288. The highest BCUT2D eigenvalue weighted by Gasteiger charge is 2.12. The van der Waals surface area contributed by atoms with Crippen LogP contribution in [-0.2, 0) is 11.2 Å². The molecule has 0 fully saturated rings. The smallest absolute Gasteiger partial charge is 0.244 e. The van der Waals surface area contributed by atoms with Gasteiger partial charge in [0.2, 0.25) is 5.91 Å². The lowest BCUT2D eigenvalue weighted by Crippen LogP contribution is -2.20. The molecule has 1 amide bonds. The van der Waals surface area contributed by atoms with Crippen LogP contribution in [-0.4, -0.2) is 31.1 Å². The van der Waals surface area contributed by atoms with Crippen molar-refractivity contribution < 1.29 is 14.3 Å². The van der Waals surface area contributed by atoms with E-state index in [1.165, 1.54) is 6.21 Å². The van der Waals surface area contributed by atoms with Crippen LogP contribution in [0, 0.1) is 0 Å². The number of benzene rings is 2. The van der Waals surface area contributed by atoms with E-state index in [2.05, 4.69) is 17.5 Å². The molecule has 0 saturated carbocycles. The van der Waals surface area contributed by atoms with E-state index < -0.39 is 0 Å². The zero-order chi connectivity index (χ0) is 21.2. The summed E-state index contributed by atoms with van der Waals surface area (Å²) in [6.45, 7) is 6.77. The van der Waals surface area contributed by atoms with E-state index in [4.69, 9.17) is 32.7 Å². The first-order valence-electron chi connectivity index (χ1n) is 9.30. The Hall–Kier alpha value is -1.89. The Morgan fingerprint density at radius 1 is 1.14 bits per heavy atom. The van der Waals surface area contributed by atoms with Crippen molar-refractivity contribution >= 4 is 47.1 Å². The van der Waals surface area contributed by atoms with Gasteiger partial charge in [-0.2, -0.15) is 5.10 Å². The first-order valence-corrected chi connectivity index (χ1v) is 11.0. The molecule has 8 heteroatoms. The van der Waals surface area contributed by atoms with Crippen LogP contribution in [0.3, 0.4) is 0 Å². The molecule has 2 rings (SSSR count). The molecule has 0 radical (unpaired) electrons. The van der Waals surface area contributed by atoms with Gasteiger partial charge in [0.25, 0.3) is 0 Å². The molecule has 0 aliphatic rings. The molecule has 0 unspecified atom stereocenters. The molecule has 0 saturated heterocycles. The van der Waals surface area contributed by atoms with Crippen molar-refractivity contribution in [3.63, 3.8) is 0 Å². The summed E-state index contributed by atoms with van der Waals surface area (Å²) in [7, 11) is 0. The van der Waals surface area contributed by atoms with Crippen LogP contribution in [0.4, 0.5) is 0 Å². The first kappa shape index (κ1) is 23.4. The van der Waals surface area contributed by atoms with Gasteiger partial charge in [0.15, 0.2) is 11.5 Å². The topological polar surface area (TPSA) is 59.9 Å². The summed E-state index contributed by atoms with van der Waals surface area (Å²) < 4.78 is 11.1. The first-order chi connectivity index (χ1) is 14.0. The molecule has 0 heterocycles. The van der Waals surface area contributed by atoms with Gasteiger partial charge in [0, 0.05) is 9.92 Å². The second-order valence-electron chi connectivity index (χ2n) is 5.85. The molecule has 1 N–H and O–H groups in total. The lowest BCUT2D eigenvalue weighted by molar-refractivity contribution is -0.120. The Labute approximate surface area is 185 Å². The van der Waals surface area contributed by atoms with Gasteiger partial charge >= 0.3 is 0 Å². The van der Waals surface area contributed by atoms with Crippen LogP contribution in [0.2, 0.25) is 10.0 Å².